The first-order valence-electron chi connectivity index (χ1n) is 4.45. The Bertz CT molecular complexity index is 455. The summed E-state index contributed by atoms with van der Waals surface area (Å²) in [7, 11) is -3.63. The maximum atomic E-state index is 13.3. The Balaban J connectivity index is 2.41. The first-order chi connectivity index (χ1) is 7.12. The molecule has 0 aliphatic carbocycles. The lowest BCUT2D eigenvalue weighted by atomic mass is 10.4. The summed E-state index contributed by atoms with van der Waals surface area (Å²) in [4.78, 5) is -0.229. The van der Waals surface area contributed by atoms with Gasteiger partial charge in [-0.25, -0.2) is 12.8 Å². The normalized spacial score (nSPS) is 18.2. The van der Waals surface area contributed by atoms with Gasteiger partial charge in [-0.2, -0.15) is 4.31 Å². The lowest BCUT2D eigenvalue weighted by Gasteiger charge is -2.14. The van der Waals surface area contributed by atoms with Gasteiger partial charge in [0.05, 0.1) is 5.88 Å². The van der Waals surface area contributed by atoms with Crippen molar-refractivity contribution in [1.29, 1.82) is 0 Å². The van der Waals surface area contributed by atoms with E-state index in [1.807, 2.05) is 0 Å². The molecule has 0 atom stereocenters. The van der Waals surface area contributed by atoms with Crippen molar-refractivity contribution in [2.45, 2.75) is 4.90 Å². The number of sulfonamides is 1. The van der Waals surface area contributed by atoms with Gasteiger partial charge < -0.3 is 0 Å². The van der Waals surface area contributed by atoms with Crippen LogP contribution in [0.4, 0.5) is 4.39 Å². The monoisotopic (exact) mass is 247 g/mol. The number of thioether (sulfide) groups is 1. The molecule has 1 saturated heterocycles. The molecule has 0 N–H and O–H groups in total. The zero-order valence-corrected chi connectivity index (χ0v) is 9.52. The van der Waals surface area contributed by atoms with E-state index in [4.69, 9.17) is 0 Å². The largest absolute Gasteiger partial charge is 0.246 e. The van der Waals surface area contributed by atoms with E-state index in [2.05, 4.69) is 0 Å². The summed E-state index contributed by atoms with van der Waals surface area (Å²) < 4.78 is 38.5. The van der Waals surface area contributed by atoms with Crippen molar-refractivity contribution < 1.29 is 12.8 Å². The molecular formula is C9H10FNO2S2. The van der Waals surface area contributed by atoms with Gasteiger partial charge in [0.25, 0.3) is 0 Å². The molecule has 1 aromatic rings. The lowest BCUT2D eigenvalue weighted by molar-refractivity contribution is 0.480. The average molecular weight is 247 g/mol. The zero-order chi connectivity index (χ0) is 10.9. The first-order valence-corrected chi connectivity index (χ1v) is 7.04. The van der Waals surface area contributed by atoms with Crippen LogP contribution in [0.5, 0.6) is 0 Å². The smallest absolute Gasteiger partial charge is 0.207 e. The molecule has 2 rings (SSSR count). The van der Waals surface area contributed by atoms with Crippen LogP contribution in [-0.4, -0.2) is 30.9 Å². The highest BCUT2D eigenvalue weighted by Crippen LogP contribution is 2.24. The molecule has 1 fully saturated rings. The van der Waals surface area contributed by atoms with Crippen molar-refractivity contribution in [3.05, 3.63) is 30.1 Å². The average Bonchev–Trinajstić information content (AvgIpc) is 2.71. The molecule has 0 amide bonds. The molecule has 82 valence electrons. The number of hydrogen-bond acceptors (Lipinski definition) is 3. The van der Waals surface area contributed by atoms with Crippen molar-refractivity contribution in [3.63, 3.8) is 0 Å². The Morgan fingerprint density at radius 3 is 2.67 bits per heavy atom. The molecule has 0 saturated carbocycles. The van der Waals surface area contributed by atoms with Gasteiger partial charge >= 0.3 is 0 Å². The number of hydrogen-bond donors (Lipinski definition) is 0. The quantitative estimate of drug-likeness (QED) is 0.795. The second-order valence-corrected chi connectivity index (χ2v) is 6.13. The Hall–Kier alpha value is -0.590. The second-order valence-electron chi connectivity index (χ2n) is 3.15. The number of rotatable bonds is 2. The third-order valence-corrected chi connectivity index (χ3v) is 5.18. The standard InChI is InChI=1S/C9H10FNO2S2/c10-8-3-1-2-4-9(8)15(12,13)11-5-6-14-7-11/h1-4H,5-7H2. The number of nitrogens with zero attached hydrogens (tertiary/aromatic N) is 1. The maximum Gasteiger partial charge on any atom is 0.246 e. The molecule has 1 aliphatic heterocycles. The van der Waals surface area contributed by atoms with Gasteiger partial charge in [-0.3, -0.25) is 0 Å². The molecule has 0 spiro atoms. The fraction of sp³-hybridized carbons (Fsp3) is 0.333. The Morgan fingerprint density at radius 2 is 2.07 bits per heavy atom. The molecule has 0 bridgehead atoms. The maximum absolute atomic E-state index is 13.3. The van der Waals surface area contributed by atoms with Crippen LogP contribution in [0.1, 0.15) is 0 Å². The Morgan fingerprint density at radius 1 is 1.33 bits per heavy atom. The van der Waals surface area contributed by atoms with E-state index in [1.165, 1.54) is 34.3 Å². The van der Waals surface area contributed by atoms with Crippen LogP contribution in [0.3, 0.4) is 0 Å². The minimum atomic E-state index is -3.63. The van der Waals surface area contributed by atoms with Crippen LogP contribution in [-0.2, 0) is 10.0 Å². The second kappa shape index (κ2) is 4.11. The van der Waals surface area contributed by atoms with Crippen molar-refractivity contribution in [2.24, 2.45) is 0 Å². The van der Waals surface area contributed by atoms with Crippen molar-refractivity contribution in [1.82, 2.24) is 4.31 Å². The van der Waals surface area contributed by atoms with Crippen LogP contribution in [0.15, 0.2) is 29.2 Å². The van der Waals surface area contributed by atoms with Gasteiger partial charge in [0.2, 0.25) is 10.0 Å². The molecule has 3 nitrogen and oxygen atoms in total. The van der Waals surface area contributed by atoms with E-state index >= 15 is 0 Å². The van der Waals surface area contributed by atoms with Crippen molar-refractivity contribution in [3.8, 4) is 0 Å². The predicted molar refractivity (Wildman–Crippen MR) is 57.6 cm³/mol. The molecule has 0 radical (unpaired) electrons. The molecule has 6 heteroatoms. The molecule has 0 unspecified atom stereocenters. The Labute approximate surface area is 92.3 Å². The van der Waals surface area contributed by atoms with E-state index < -0.39 is 15.8 Å². The molecule has 1 aromatic carbocycles. The van der Waals surface area contributed by atoms with Gasteiger partial charge in [-0.1, -0.05) is 12.1 Å². The van der Waals surface area contributed by atoms with Crippen LogP contribution >= 0.6 is 11.8 Å². The van der Waals surface area contributed by atoms with E-state index in [9.17, 15) is 12.8 Å². The summed E-state index contributed by atoms with van der Waals surface area (Å²) >= 11 is 1.53. The predicted octanol–water partition coefficient (Wildman–Crippen LogP) is 1.52. The van der Waals surface area contributed by atoms with Gasteiger partial charge in [0, 0.05) is 12.3 Å². The van der Waals surface area contributed by atoms with E-state index in [1.54, 1.807) is 0 Å². The molecule has 1 aliphatic rings. The SMILES string of the molecule is O=S(=O)(c1ccccc1F)N1CCSC1. The van der Waals surface area contributed by atoms with Crippen molar-refractivity contribution >= 4 is 21.8 Å². The highest BCUT2D eigenvalue weighted by atomic mass is 32.2. The van der Waals surface area contributed by atoms with Gasteiger partial charge in [0.1, 0.15) is 10.7 Å². The summed E-state index contributed by atoms with van der Waals surface area (Å²) in [6.45, 7) is 0.460. The summed E-state index contributed by atoms with van der Waals surface area (Å²) in [6.07, 6.45) is 0. The first kappa shape index (κ1) is 10.9. The minimum absolute atomic E-state index is 0.229. The molecule has 15 heavy (non-hydrogen) atoms. The van der Waals surface area contributed by atoms with Crippen LogP contribution in [0.2, 0.25) is 0 Å². The van der Waals surface area contributed by atoms with E-state index in [0.29, 0.717) is 12.4 Å². The number of halogens is 1. The van der Waals surface area contributed by atoms with Crippen LogP contribution in [0.25, 0.3) is 0 Å². The van der Waals surface area contributed by atoms with Crippen LogP contribution < -0.4 is 0 Å². The highest BCUT2D eigenvalue weighted by molar-refractivity contribution is 8.00. The third-order valence-electron chi connectivity index (χ3n) is 2.17. The zero-order valence-electron chi connectivity index (χ0n) is 7.89. The fourth-order valence-corrected chi connectivity index (χ4v) is 4.26. The van der Waals surface area contributed by atoms with Gasteiger partial charge in [-0.15, -0.1) is 11.8 Å². The topological polar surface area (TPSA) is 37.4 Å². The summed E-state index contributed by atoms with van der Waals surface area (Å²) in [5, 5.41) is 0. The van der Waals surface area contributed by atoms with E-state index in [-0.39, 0.29) is 4.90 Å². The highest BCUT2D eigenvalue weighted by Gasteiger charge is 2.29. The molecule has 0 aromatic heterocycles. The molecule has 1 heterocycles. The van der Waals surface area contributed by atoms with Crippen LogP contribution in [0, 0.1) is 5.82 Å². The summed E-state index contributed by atoms with van der Waals surface area (Å²) in [6, 6.07) is 5.47. The number of benzene rings is 1. The fourth-order valence-electron chi connectivity index (χ4n) is 1.38. The lowest BCUT2D eigenvalue weighted by Crippen LogP contribution is -2.28. The van der Waals surface area contributed by atoms with E-state index in [0.717, 1.165) is 11.8 Å². The summed E-state index contributed by atoms with van der Waals surface area (Å²) in [5.74, 6) is 0.499. The minimum Gasteiger partial charge on any atom is -0.207 e. The van der Waals surface area contributed by atoms with Gasteiger partial charge in [-0.05, 0) is 12.1 Å². The van der Waals surface area contributed by atoms with Gasteiger partial charge in [0.15, 0.2) is 0 Å². The Kier molecular flexibility index (Phi) is 2.99. The third kappa shape index (κ3) is 2.02. The summed E-state index contributed by atoms with van der Waals surface area (Å²) in [5.41, 5.74) is 0. The molecular weight excluding hydrogens is 237 g/mol. The van der Waals surface area contributed by atoms with Crippen molar-refractivity contribution in [2.75, 3.05) is 18.2 Å².